The average Bonchev–Trinajstić information content (AvgIpc) is 2.55. The van der Waals surface area contributed by atoms with Crippen LogP contribution in [0.15, 0.2) is 12.3 Å². The molecular weight excluding hydrogens is 311 g/mol. The molecule has 6 nitrogen and oxygen atoms in total. The van der Waals surface area contributed by atoms with Gasteiger partial charge < -0.3 is 19.4 Å². The van der Waals surface area contributed by atoms with Crippen LogP contribution in [-0.2, 0) is 4.74 Å². The minimum absolute atomic E-state index is 0.0347. The second-order valence-electron chi connectivity index (χ2n) is 5.32. The molecule has 0 N–H and O–H groups in total. The summed E-state index contributed by atoms with van der Waals surface area (Å²) < 4.78 is 19.1. The number of amides is 2. The molecule has 2 aliphatic heterocycles. The molecule has 1 aromatic heterocycles. The highest BCUT2D eigenvalue weighted by molar-refractivity contribution is 6.30. The zero-order valence-corrected chi connectivity index (χ0v) is 12.9. The number of morpholine rings is 1. The van der Waals surface area contributed by atoms with Gasteiger partial charge >= 0.3 is 6.03 Å². The SMILES string of the molecule is O=C(N1CCOCC1)N1CCN(c2ncc(Cl)cc2F)CC1. The number of piperazine rings is 1. The van der Waals surface area contributed by atoms with Crippen molar-refractivity contribution in [2.45, 2.75) is 0 Å². The number of hydrogen-bond acceptors (Lipinski definition) is 4. The zero-order valence-electron chi connectivity index (χ0n) is 12.2. The van der Waals surface area contributed by atoms with Gasteiger partial charge in [0, 0.05) is 45.5 Å². The first-order valence-corrected chi connectivity index (χ1v) is 7.70. The van der Waals surface area contributed by atoms with Gasteiger partial charge in [0.2, 0.25) is 0 Å². The van der Waals surface area contributed by atoms with E-state index in [4.69, 9.17) is 16.3 Å². The highest BCUT2D eigenvalue weighted by atomic mass is 35.5. The Morgan fingerprint density at radius 3 is 2.41 bits per heavy atom. The van der Waals surface area contributed by atoms with Gasteiger partial charge in [0.1, 0.15) is 0 Å². The molecule has 2 saturated heterocycles. The van der Waals surface area contributed by atoms with Crippen molar-refractivity contribution in [3.63, 3.8) is 0 Å². The second-order valence-corrected chi connectivity index (χ2v) is 5.75. The first-order chi connectivity index (χ1) is 10.6. The molecule has 1 aromatic rings. The molecule has 8 heteroatoms. The summed E-state index contributed by atoms with van der Waals surface area (Å²) in [5.41, 5.74) is 0. The van der Waals surface area contributed by atoms with Gasteiger partial charge in [-0.05, 0) is 6.07 Å². The van der Waals surface area contributed by atoms with Crippen molar-refractivity contribution in [2.75, 3.05) is 57.4 Å². The van der Waals surface area contributed by atoms with Gasteiger partial charge in [-0.2, -0.15) is 0 Å². The summed E-state index contributed by atoms with van der Waals surface area (Å²) in [6.45, 7) is 4.67. The van der Waals surface area contributed by atoms with Crippen LogP contribution in [0.2, 0.25) is 5.02 Å². The quantitative estimate of drug-likeness (QED) is 0.783. The van der Waals surface area contributed by atoms with Crippen molar-refractivity contribution >= 4 is 23.4 Å². The number of aromatic nitrogens is 1. The number of hydrogen-bond donors (Lipinski definition) is 0. The van der Waals surface area contributed by atoms with Gasteiger partial charge in [-0.15, -0.1) is 0 Å². The molecular formula is C14H18ClFN4O2. The number of carbonyl (C=O) groups is 1. The molecule has 0 aromatic carbocycles. The summed E-state index contributed by atoms with van der Waals surface area (Å²) >= 11 is 5.72. The maximum Gasteiger partial charge on any atom is 0.320 e. The molecule has 0 radical (unpaired) electrons. The van der Waals surface area contributed by atoms with Crippen LogP contribution >= 0.6 is 11.6 Å². The first-order valence-electron chi connectivity index (χ1n) is 7.33. The minimum Gasteiger partial charge on any atom is -0.378 e. The van der Waals surface area contributed by atoms with E-state index < -0.39 is 5.82 Å². The zero-order chi connectivity index (χ0) is 15.5. The topological polar surface area (TPSA) is 48.9 Å². The summed E-state index contributed by atoms with van der Waals surface area (Å²) in [5.74, 6) is -0.136. The smallest absolute Gasteiger partial charge is 0.320 e. The number of anilines is 1. The molecule has 0 atom stereocenters. The Bertz CT molecular complexity index is 546. The fraction of sp³-hybridized carbons (Fsp3) is 0.571. The van der Waals surface area contributed by atoms with Gasteiger partial charge in [-0.1, -0.05) is 11.6 Å². The average molecular weight is 329 g/mol. The van der Waals surface area contributed by atoms with E-state index in [1.54, 1.807) is 9.80 Å². The molecule has 3 rings (SSSR count). The molecule has 120 valence electrons. The number of urea groups is 1. The maximum atomic E-state index is 13.9. The molecule has 0 aliphatic carbocycles. The Morgan fingerprint density at radius 1 is 1.14 bits per heavy atom. The monoisotopic (exact) mass is 328 g/mol. The van der Waals surface area contributed by atoms with Crippen LogP contribution in [0.4, 0.5) is 15.0 Å². The Kier molecular flexibility index (Phi) is 4.63. The predicted octanol–water partition coefficient (Wildman–Crippen LogP) is 1.45. The molecule has 2 fully saturated rings. The van der Waals surface area contributed by atoms with Crippen LogP contribution in [0, 0.1) is 5.82 Å². The fourth-order valence-electron chi connectivity index (χ4n) is 2.70. The molecule has 0 saturated carbocycles. The lowest BCUT2D eigenvalue weighted by Crippen LogP contribution is -2.55. The maximum absolute atomic E-state index is 13.9. The molecule has 3 heterocycles. The van der Waals surface area contributed by atoms with E-state index in [1.807, 2.05) is 4.90 Å². The number of halogens is 2. The highest BCUT2D eigenvalue weighted by Crippen LogP contribution is 2.21. The van der Waals surface area contributed by atoms with Crippen LogP contribution in [0.25, 0.3) is 0 Å². The summed E-state index contributed by atoms with van der Waals surface area (Å²) in [6, 6.07) is 1.29. The van der Waals surface area contributed by atoms with E-state index in [1.165, 1.54) is 12.3 Å². The number of ether oxygens (including phenoxy) is 1. The van der Waals surface area contributed by atoms with Gasteiger partial charge in [0.25, 0.3) is 0 Å². The fourth-order valence-corrected chi connectivity index (χ4v) is 2.85. The first kappa shape index (κ1) is 15.3. The van der Waals surface area contributed by atoms with Gasteiger partial charge in [0.05, 0.1) is 18.2 Å². The number of carbonyl (C=O) groups excluding carboxylic acids is 1. The van der Waals surface area contributed by atoms with Crippen molar-refractivity contribution in [1.29, 1.82) is 0 Å². The third-order valence-corrected chi connectivity index (χ3v) is 4.13. The van der Waals surface area contributed by atoms with Gasteiger partial charge in [0.15, 0.2) is 11.6 Å². The van der Waals surface area contributed by atoms with Crippen molar-refractivity contribution in [2.24, 2.45) is 0 Å². The predicted molar refractivity (Wildman–Crippen MR) is 80.8 cm³/mol. The lowest BCUT2D eigenvalue weighted by Gasteiger charge is -2.38. The largest absolute Gasteiger partial charge is 0.378 e. The molecule has 0 bridgehead atoms. The summed E-state index contributed by atoms with van der Waals surface area (Å²) in [4.78, 5) is 21.9. The molecule has 2 amide bonds. The number of rotatable bonds is 1. The van der Waals surface area contributed by atoms with Crippen LogP contribution in [0.3, 0.4) is 0 Å². The minimum atomic E-state index is -0.430. The molecule has 22 heavy (non-hydrogen) atoms. The summed E-state index contributed by atoms with van der Waals surface area (Å²) in [7, 11) is 0. The third-order valence-electron chi connectivity index (χ3n) is 3.92. The van der Waals surface area contributed by atoms with Crippen LogP contribution < -0.4 is 4.90 Å². The van der Waals surface area contributed by atoms with Crippen LogP contribution in [-0.4, -0.2) is 73.3 Å². The van der Waals surface area contributed by atoms with E-state index in [0.717, 1.165) is 0 Å². The number of nitrogens with zero attached hydrogens (tertiary/aromatic N) is 4. The number of pyridine rings is 1. The Hall–Kier alpha value is -1.60. The van der Waals surface area contributed by atoms with E-state index in [0.29, 0.717) is 58.3 Å². The van der Waals surface area contributed by atoms with E-state index in [-0.39, 0.29) is 11.1 Å². The molecule has 0 unspecified atom stereocenters. The Balaban J connectivity index is 1.59. The van der Waals surface area contributed by atoms with E-state index in [9.17, 15) is 9.18 Å². The summed E-state index contributed by atoms with van der Waals surface area (Å²) in [5, 5.41) is 0.280. The van der Waals surface area contributed by atoms with Gasteiger partial charge in [-0.25, -0.2) is 14.2 Å². The second kappa shape index (κ2) is 6.66. The van der Waals surface area contributed by atoms with Crippen molar-refractivity contribution in [3.05, 3.63) is 23.1 Å². The van der Waals surface area contributed by atoms with Crippen molar-refractivity contribution in [3.8, 4) is 0 Å². The molecule has 0 spiro atoms. The van der Waals surface area contributed by atoms with E-state index >= 15 is 0 Å². The molecule has 2 aliphatic rings. The highest BCUT2D eigenvalue weighted by Gasteiger charge is 2.27. The van der Waals surface area contributed by atoms with E-state index in [2.05, 4.69) is 4.98 Å². The summed E-state index contributed by atoms with van der Waals surface area (Å²) in [6.07, 6.45) is 1.44. The van der Waals surface area contributed by atoms with Crippen molar-refractivity contribution in [1.82, 2.24) is 14.8 Å². The van der Waals surface area contributed by atoms with Crippen molar-refractivity contribution < 1.29 is 13.9 Å². The Morgan fingerprint density at radius 2 is 1.77 bits per heavy atom. The standard InChI is InChI=1S/C14H18ClFN4O2/c15-11-9-12(16)13(17-10-11)18-1-3-19(4-2-18)14(21)20-5-7-22-8-6-20/h9-10H,1-8H2. The Labute approximate surface area is 133 Å². The third kappa shape index (κ3) is 3.25. The van der Waals surface area contributed by atoms with Gasteiger partial charge in [-0.3, -0.25) is 0 Å². The lowest BCUT2D eigenvalue weighted by molar-refractivity contribution is 0.0428. The normalized spacial score (nSPS) is 19.5. The van der Waals surface area contributed by atoms with Crippen LogP contribution in [0.5, 0.6) is 0 Å². The van der Waals surface area contributed by atoms with Crippen LogP contribution in [0.1, 0.15) is 0 Å². The lowest BCUT2D eigenvalue weighted by atomic mass is 10.3.